The SMILES string of the molecule is CC1CN(CC(N)CCc2ccccc2)CC(C)O1. The highest BCUT2D eigenvalue weighted by molar-refractivity contribution is 5.14. The van der Waals surface area contributed by atoms with Crippen LogP contribution >= 0.6 is 0 Å². The molecule has 3 unspecified atom stereocenters. The van der Waals surface area contributed by atoms with Crippen molar-refractivity contribution in [2.45, 2.75) is 44.9 Å². The van der Waals surface area contributed by atoms with Gasteiger partial charge < -0.3 is 10.5 Å². The zero-order valence-electron chi connectivity index (χ0n) is 12.1. The lowest BCUT2D eigenvalue weighted by Gasteiger charge is -2.36. The Bertz CT molecular complexity index is 358. The average molecular weight is 262 g/mol. The molecule has 1 aliphatic heterocycles. The molecule has 3 atom stereocenters. The van der Waals surface area contributed by atoms with Crippen molar-refractivity contribution in [1.82, 2.24) is 4.90 Å². The molecule has 0 amide bonds. The van der Waals surface area contributed by atoms with Gasteiger partial charge in [-0.25, -0.2) is 0 Å². The molecule has 0 spiro atoms. The van der Waals surface area contributed by atoms with Crippen molar-refractivity contribution >= 4 is 0 Å². The van der Waals surface area contributed by atoms with E-state index in [1.54, 1.807) is 0 Å². The fourth-order valence-corrected chi connectivity index (χ4v) is 2.85. The Hall–Kier alpha value is -0.900. The molecule has 0 saturated carbocycles. The van der Waals surface area contributed by atoms with E-state index in [0.717, 1.165) is 32.5 Å². The molecule has 19 heavy (non-hydrogen) atoms. The van der Waals surface area contributed by atoms with Gasteiger partial charge in [0, 0.05) is 25.7 Å². The number of aryl methyl sites for hydroxylation is 1. The molecule has 1 aromatic rings. The predicted octanol–water partition coefficient (Wildman–Crippen LogP) is 2.06. The first kappa shape index (κ1) is 14.5. The minimum atomic E-state index is 0.248. The lowest BCUT2D eigenvalue weighted by atomic mass is 10.0. The molecule has 3 nitrogen and oxygen atoms in total. The van der Waals surface area contributed by atoms with Gasteiger partial charge in [-0.05, 0) is 32.3 Å². The molecule has 106 valence electrons. The van der Waals surface area contributed by atoms with Gasteiger partial charge in [-0.15, -0.1) is 0 Å². The second-order valence-corrected chi connectivity index (χ2v) is 5.76. The van der Waals surface area contributed by atoms with E-state index in [4.69, 9.17) is 10.5 Å². The summed E-state index contributed by atoms with van der Waals surface area (Å²) in [6.45, 7) is 7.26. The van der Waals surface area contributed by atoms with Crippen LogP contribution in [-0.4, -0.2) is 42.8 Å². The minimum absolute atomic E-state index is 0.248. The summed E-state index contributed by atoms with van der Waals surface area (Å²) in [4.78, 5) is 2.44. The highest BCUT2D eigenvalue weighted by Gasteiger charge is 2.23. The molecule has 0 bridgehead atoms. The molecule has 0 aliphatic carbocycles. The van der Waals surface area contributed by atoms with Crippen molar-refractivity contribution in [3.63, 3.8) is 0 Å². The van der Waals surface area contributed by atoms with Gasteiger partial charge in [-0.3, -0.25) is 4.90 Å². The van der Waals surface area contributed by atoms with E-state index in [1.807, 2.05) is 0 Å². The molecule has 0 radical (unpaired) electrons. The minimum Gasteiger partial charge on any atom is -0.373 e. The molecule has 1 saturated heterocycles. The van der Waals surface area contributed by atoms with Gasteiger partial charge in [0.25, 0.3) is 0 Å². The number of hydrogen-bond donors (Lipinski definition) is 1. The lowest BCUT2D eigenvalue weighted by Crippen LogP contribution is -2.49. The molecule has 1 heterocycles. The zero-order valence-corrected chi connectivity index (χ0v) is 12.1. The first-order valence-electron chi connectivity index (χ1n) is 7.31. The maximum absolute atomic E-state index is 6.26. The number of rotatable bonds is 5. The van der Waals surface area contributed by atoms with Gasteiger partial charge >= 0.3 is 0 Å². The standard InChI is InChI=1S/C16H26N2O/c1-13-10-18(11-14(2)19-13)12-16(17)9-8-15-6-4-3-5-7-15/h3-7,13-14,16H,8-12,17H2,1-2H3. The van der Waals surface area contributed by atoms with Crippen molar-refractivity contribution in [3.8, 4) is 0 Å². The Kier molecular flexibility index (Phi) is 5.37. The summed E-state index contributed by atoms with van der Waals surface area (Å²) in [7, 11) is 0. The molecule has 1 aromatic carbocycles. The third kappa shape index (κ3) is 4.94. The van der Waals surface area contributed by atoms with Crippen LogP contribution in [0.4, 0.5) is 0 Å². The van der Waals surface area contributed by atoms with Gasteiger partial charge in [0.05, 0.1) is 12.2 Å². The summed E-state index contributed by atoms with van der Waals surface area (Å²) in [6, 6.07) is 10.8. The van der Waals surface area contributed by atoms with Crippen molar-refractivity contribution in [3.05, 3.63) is 35.9 Å². The maximum atomic E-state index is 6.26. The zero-order chi connectivity index (χ0) is 13.7. The Morgan fingerprint density at radius 2 is 1.84 bits per heavy atom. The smallest absolute Gasteiger partial charge is 0.0678 e. The van der Waals surface area contributed by atoms with Crippen molar-refractivity contribution in [2.24, 2.45) is 5.73 Å². The van der Waals surface area contributed by atoms with E-state index < -0.39 is 0 Å². The van der Waals surface area contributed by atoms with Crippen molar-refractivity contribution < 1.29 is 4.74 Å². The summed E-state index contributed by atoms with van der Waals surface area (Å²) >= 11 is 0. The number of nitrogens with two attached hydrogens (primary N) is 1. The first-order chi connectivity index (χ1) is 9.13. The summed E-state index contributed by atoms with van der Waals surface area (Å²) < 4.78 is 5.74. The lowest BCUT2D eigenvalue weighted by molar-refractivity contribution is -0.0692. The topological polar surface area (TPSA) is 38.5 Å². The van der Waals surface area contributed by atoms with E-state index >= 15 is 0 Å². The number of morpholine rings is 1. The van der Waals surface area contributed by atoms with Crippen molar-refractivity contribution in [2.75, 3.05) is 19.6 Å². The van der Waals surface area contributed by atoms with Crippen LogP contribution in [0.15, 0.2) is 30.3 Å². The summed E-state index contributed by atoms with van der Waals surface area (Å²) in [5.74, 6) is 0. The van der Waals surface area contributed by atoms with Crippen molar-refractivity contribution in [1.29, 1.82) is 0 Å². The molecule has 1 fully saturated rings. The number of hydrogen-bond acceptors (Lipinski definition) is 3. The second kappa shape index (κ2) is 7.04. The van der Waals surface area contributed by atoms with Gasteiger partial charge in [-0.1, -0.05) is 30.3 Å². The van der Waals surface area contributed by atoms with E-state index in [-0.39, 0.29) is 6.04 Å². The summed E-state index contributed by atoms with van der Waals surface area (Å²) in [5, 5.41) is 0. The normalized spacial score (nSPS) is 26.3. The Morgan fingerprint density at radius 3 is 2.47 bits per heavy atom. The van der Waals surface area contributed by atoms with E-state index in [1.165, 1.54) is 5.56 Å². The highest BCUT2D eigenvalue weighted by atomic mass is 16.5. The van der Waals surface area contributed by atoms with Crippen LogP contribution in [-0.2, 0) is 11.2 Å². The van der Waals surface area contributed by atoms with Crippen LogP contribution in [0.5, 0.6) is 0 Å². The van der Waals surface area contributed by atoms with Gasteiger partial charge in [0.1, 0.15) is 0 Å². The third-order valence-corrected chi connectivity index (χ3v) is 3.63. The van der Waals surface area contributed by atoms with Crippen LogP contribution in [0.2, 0.25) is 0 Å². The van der Waals surface area contributed by atoms with Gasteiger partial charge in [0.2, 0.25) is 0 Å². The first-order valence-corrected chi connectivity index (χ1v) is 7.31. The van der Waals surface area contributed by atoms with E-state index in [2.05, 4.69) is 49.1 Å². The van der Waals surface area contributed by atoms with Crippen LogP contribution < -0.4 is 5.73 Å². The molecule has 1 aliphatic rings. The molecular formula is C16H26N2O. The Morgan fingerprint density at radius 1 is 1.21 bits per heavy atom. The third-order valence-electron chi connectivity index (χ3n) is 3.63. The second-order valence-electron chi connectivity index (χ2n) is 5.76. The summed E-state index contributed by atoms with van der Waals surface area (Å²) in [6.07, 6.45) is 2.76. The highest BCUT2D eigenvalue weighted by Crippen LogP contribution is 2.12. The molecular weight excluding hydrogens is 236 g/mol. The average Bonchev–Trinajstić information content (AvgIpc) is 2.36. The number of nitrogens with zero attached hydrogens (tertiary/aromatic N) is 1. The number of benzene rings is 1. The maximum Gasteiger partial charge on any atom is 0.0678 e. The quantitative estimate of drug-likeness (QED) is 0.882. The van der Waals surface area contributed by atoms with Crippen LogP contribution in [0.25, 0.3) is 0 Å². The van der Waals surface area contributed by atoms with Crippen LogP contribution in [0.1, 0.15) is 25.8 Å². The van der Waals surface area contributed by atoms with Gasteiger partial charge in [0.15, 0.2) is 0 Å². The van der Waals surface area contributed by atoms with Gasteiger partial charge in [-0.2, -0.15) is 0 Å². The largest absolute Gasteiger partial charge is 0.373 e. The fourth-order valence-electron chi connectivity index (χ4n) is 2.85. The summed E-state index contributed by atoms with van der Waals surface area (Å²) in [5.41, 5.74) is 7.64. The van der Waals surface area contributed by atoms with Crippen LogP contribution in [0.3, 0.4) is 0 Å². The van der Waals surface area contributed by atoms with E-state index in [0.29, 0.717) is 12.2 Å². The Balaban J connectivity index is 1.73. The monoisotopic (exact) mass is 262 g/mol. The predicted molar refractivity (Wildman–Crippen MR) is 79.2 cm³/mol. The van der Waals surface area contributed by atoms with Crippen LogP contribution in [0, 0.1) is 0 Å². The van der Waals surface area contributed by atoms with E-state index in [9.17, 15) is 0 Å². The molecule has 3 heteroatoms. The number of ether oxygens (including phenoxy) is 1. The fraction of sp³-hybridized carbons (Fsp3) is 0.625. The Labute approximate surface area is 116 Å². The molecule has 2 rings (SSSR count). The molecule has 2 N–H and O–H groups in total. The molecule has 0 aromatic heterocycles.